The van der Waals surface area contributed by atoms with Crippen LogP contribution in [0.1, 0.15) is 21.5 Å². The summed E-state index contributed by atoms with van der Waals surface area (Å²) in [6.07, 6.45) is 3.01. The van der Waals surface area contributed by atoms with Crippen LogP contribution in [0.3, 0.4) is 0 Å². The highest BCUT2D eigenvalue weighted by molar-refractivity contribution is 6.05. The number of rotatable bonds is 4. The zero-order chi connectivity index (χ0) is 17.8. The maximum absolute atomic E-state index is 14.2. The lowest BCUT2D eigenvalue weighted by molar-refractivity contribution is 0.0985. The number of anilines is 1. The van der Waals surface area contributed by atoms with Crippen LogP contribution >= 0.6 is 0 Å². The number of benzene rings is 2. The Morgan fingerprint density at radius 1 is 1.04 bits per heavy atom. The average molecular weight is 338 g/mol. The van der Waals surface area contributed by atoms with Crippen LogP contribution in [-0.4, -0.2) is 10.9 Å². The number of pyridine rings is 1. The molecule has 0 saturated heterocycles. The molecule has 0 aliphatic heterocycles. The van der Waals surface area contributed by atoms with Gasteiger partial charge in [0.1, 0.15) is 11.6 Å². The number of hydrogen-bond acceptors (Lipinski definition) is 2. The van der Waals surface area contributed by atoms with Gasteiger partial charge in [0.2, 0.25) is 0 Å². The summed E-state index contributed by atoms with van der Waals surface area (Å²) in [7, 11) is 0. The van der Waals surface area contributed by atoms with E-state index in [0.29, 0.717) is 16.8 Å². The summed E-state index contributed by atoms with van der Waals surface area (Å²) in [6, 6.07) is 13.7. The summed E-state index contributed by atoms with van der Waals surface area (Å²) in [5, 5.41) is 0. The monoisotopic (exact) mass is 338 g/mol. The van der Waals surface area contributed by atoms with Crippen LogP contribution in [0.15, 0.2) is 67.0 Å². The third kappa shape index (κ3) is 3.88. The Balaban J connectivity index is 2.01. The summed E-state index contributed by atoms with van der Waals surface area (Å²) in [5.74, 6) is -1.22. The van der Waals surface area contributed by atoms with E-state index in [9.17, 15) is 13.6 Å². The summed E-state index contributed by atoms with van der Waals surface area (Å²) >= 11 is 0. The molecule has 3 aromatic rings. The number of halogens is 2. The SMILES string of the molecule is Cc1ccc(CN(C(=O)c2ccncc2)c2cccc(F)c2)c(F)c1. The van der Waals surface area contributed by atoms with Gasteiger partial charge >= 0.3 is 0 Å². The normalized spacial score (nSPS) is 10.5. The highest BCUT2D eigenvalue weighted by Gasteiger charge is 2.20. The second kappa shape index (κ2) is 7.21. The van der Waals surface area contributed by atoms with E-state index in [1.807, 2.05) is 0 Å². The molecule has 0 aliphatic carbocycles. The second-order valence-corrected chi connectivity index (χ2v) is 5.70. The molecule has 25 heavy (non-hydrogen) atoms. The highest BCUT2D eigenvalue weighted by atomic mass is 19.1. The van der Waals surface area contributed by atoms with Crippen LogP contribution in [0.4, 0.5) is 14.5 Å². The number of amides is 1. The molecule has 5 heteroatoms. The molecule has 0 spiro atoms. The molecule has 1 aromatic heterocycles. The van der Waals surface area contributed by atoms with E-state index in [1.165, 1.54) is 41.6 Å². The van der Waals surface area contributed by atoms with Crippen LogP contribution in [-0.2, 0) is 6.54 Å². The van der Waals surface area contributed by atoms with Crippen LogP contribution in [0.5, 0.6) is 0 Å². The maximum atomic E-state index is 14.2. The summed E-state index contributed by atoms with van der Waals surface area (Å²) < 4.78 is 27.9. The van der Waals surface area contributed by atoms with Crippen molar-refractivity contribution < 1.29 is 13.6 Å². The molecular weight excluding hydrogens is 322 g/mol. The Morgan fingerprint density at radius 3 is 2.48 bits per heavy atom. The van der Waals surface area contributed by atoms with Crippen LogP contribution in [0, 0.1) is 18.6 Å². The number of aromatic nitrogens is 1. The Bertz CT molecular complexity index is 897. The van der Waals surface area contributed by atoms with E-state index < -0.39 is 11.6 Å². The number of hydrogen-bond donors (Lipinski definition) is 0. The molecule has 0 fully saturated rings. The van der Waals surface area contributed by atoms with Gasteiger partial charge in [-0.05, 0) is 48.9 Å². The van der Waals surface area contributed by atoms with Crippen molar-refractivity contribution in [2.24, 2.45) is 0 Å². The molecule has 0 atom stereocenters. The van der Waals surface area contributed by atoms with Gasteiger partial charge in [0.05, 0.1) is 6.54 Å². The van der Waals surface area contributed by atoms with Gasteiger partial charge in [-0.3, -0.25) is 9.78 Å². The second-order valence-electron chi connectivity index (χ2n) is 5.70. The highest BCUT2D eigenvalue weighted by Crippen LogP contribution is 2.22. The van der Waals surface area contributed by atoms with Crippen LogP contribution in [0.25, 0.3) is 0 Å². The lowest BCUT2D eigenvalue weighted by Gasteiger charge is -2.23. The molecule has 1 heterocycles. The van der Waals surface area contributed by atoms with E-state index in [2.05, 4.69) is 4.98 Å². The number of nitrogens with zero attached hydrogens (tertiary/aromatic N) is 2. The van der Waals surface area contributed by atoms with Gasteiger partial charge in [0, 0.05) is 29.2 Å². The van der Waals surface area contributed by atoms with Gasteiger partial charge in [-0.15, -0.1) is 0 Å². The zero-order valence-electron chi connectivity index (χ0n) is 13.6. The first-order valence-corrected chi connectivity index (χ1v) is 7.77. The molecule has 0 radical (unpaired) electrons. The van der Waals surface area contributed by atoms with E-state index in [0.717, 1.165) is 5.56 Å². The smallest absolute Gasteiger partial charge is 0.258 e. The lowest BCUT2D eigenvalue weighted by Crippen LogP contribution is -2.31. The Labute approximate surface area is 144 Å². The molecule has 0 saturated carbocycles. The molecule has 0 N–H and O–H groups in total. The molecular formula is C20H16F2N2O. The minimum atomic E-state index is -0.464. The van der Waals surface area contributed by atoms with Crippen molar-refractivity contribution in [2.45, 2.75) is 13.5 Å². The number of carbonyl (C=O) groups is 1. The predicted octanol–water partition coefficient (Wildman–Crippen LogP) is 4.52. The first-order chi connectivity index (χ1) is 12.0. The van der Waals surface area contributed by atoms with E-state index in [4.69, 9.17) is 0 Å². The third-order valence-corrected chi connectivity index (χ3v) is 3.83. The number of carbonyl (C=O) groups excluding carboxylic acids is 1. The van der Waals surface area contributed by atoms with Gasteiger partial charge in [0.25, 0.3) is 5.91 Å². The van der Waals surface area contributed by atoms with Crippen molar-refractivity contribution in [1.82, 2.24) is 4.98 Å². The van der Waals surface area contributed by atoms with Crippen LogP contribution < -0.4 is 4.90 Å². The summed E-state index contributed by atoms with van der Waals surface area (Å²) in [5.41, 5.74) is 1.91. The minimum Gasteiger partial charge on any atom is -0.304 e. The topological polar surface area (TPSA) is 33.2 Å². The van der Waals surface area contributed by atoms with Gasteiger partial charge in [-0.25, -0.2) is 8.78 Å². The maximum Gasteiger partial charge on any atom is 0.258 e. The van der Waals surface area contributed by atoms with E-state index in [1.54, 1.807) is 37.3 Å². The van der Waals surface area contributed by atoms with Gasteiger partial charge in [-0.2, -0.15) is 0 Å². The van der Waals surface area contributed by atoms with Crippen molar-refractivity contribution in [3.05, 3.63) is 95.3 Å². The lowest BCUT2D eigenvalue weighted by atomic mass is 10.1. The van der Waals surface area contributed by atoms with Crippen molar-refractivity contribution in [1.29, 1.82) is 0 Å². The molecule has 126 valence electrons. The van der Waals surface area contributed by atoms with Crippen molar-refractivity contribution in [2.75, 3.05) is 4.90 Å². The van der Waals surface area contributed by atoms with E-state index >= 15 is 0 Å². The standard InChI is InChI=1S/C20H16F2N2O/c1-14-5-6-16(19(22)11-14)13-24(18-4-2-3-17(21)12-18)20(25)15-7-9-23-10-8-15/h2-12H,13H2,1H3. The molecule has 2 aromatic carbocycles. The van der Waals surface area contributed by atoms with E-state index in [-0.39, 0.29) is 12.5 Å². The Kier molecular flexibility index (Phi) is 4.84. The molecule has 3 rings (SSSR count). The Hall–Kier alpha value is -3.08. The predicted molar refractivity (Wildman–Crippen MR) is 92.3 cm³/mol. The van der Waals surface area contributed by atoms with Gasteiger partial charge in [0.15, 0.2) is 0 Å². The molecule has 0 bridgehead atoms. The summed E-state index contributed by atoms with van der Waals surface area (Å²) in [6.45, 7) is 1.79. The fraction of sp³-hybridized carbons (Fsp3) is 0.100. The van der Waals surface area contributed by atoms with Crippen LogP contribution in [0.2, 0.25) is 0 Å². The number of aryl methyl sites for hydroxylation is 1. The largest absolute Gasteiger partial charge is 0.304 e. The van der Waals surface area contributed by atoms with Crippen molar-refractivity contribution >= 4 is 11.6 Å². The van der Waals surface area contributed by atoms with Gasteiger partial charge < -0.3 is 4.90 Å². The van der Waals surface area contributed by atoms with Crippen molar-refractivity contribution in [3.8, 4) is 0 Å². The fourth-order valence-electron chi connectivity index (χ4n) is 2.53. The van der Waals surface area contributed by atoms with Crippen molar-refractivity contribution in [3.63, 3.8) is 0 Å². The van der Waals surface area contributed by atoms with Gasteiger partial charge in [-0.1, -0.05) is 18.2 Å². The minimum absolute atomic E-state index is 0.00325. The first kappa shape index (κ1) is 16.8. The molecule has 0 aliphatic rings. The molecule has 1 amide bonds. The quantitative estimate of drug-likeness (QED) is 0.701. The first-order valence-electron chi connectivity index (χ1n) is 7.77. The third-order valence-electron chi connectivity index (χ3n) is 3.83. The average Bonchev–Trinajstić information content (AvgIpc) is 2.61. The molecule has 0 unspecified atom stereocenters. The fourth-order valence-corrected chi connectivity index (χ4v) is 2.53. The zero-order valence-corrected chi connectivity index (χ0v) is 13.6. The summed E-state index contributed by atoms with van der Waals surface area (Å²) in [4.78, 5) is 18.1. The molecule has 3 nitrogen and oxygen atoms in total. The Morgan fingerprint density at radius 2 is 1.80 bits per heavy atom.